The molecule has 0 atom stereocenters. The number of hydrogen-bond acceptors (Lipinski definition) is 4. The van der Waals surface area contributed by atoms with Crippen LogP contribution in [-0.4, -0.2) is 19.6 Å². The fourth-order valence-corrected chi connectivity index (χ4v) is 3.52. The molecule has 0 aliphatic carbocycles. The number of phenols is 1. The van der Waals surface area contributed by atoms with Crippen LogP contribution < -0.4 is 5.56 Å². The Labute approximate surface area is 168 Å². The van der Waals surface area contributed by atoms with Gasteiger partial charge in [0.1, 0.15) is 11.6 Å². The first-order valence-corrected chi connectivity index (χ1v) is 9.37. The number of para-hydroxylation sites is 2. The molecular weight excluding hydrogens is 362 g/mol. The molecule has 0 aliphatic heterocycles. The molecule has 0 aliphatic rings. The smallest absolute Gasteiger partial charge is 0.266 e. The van der Waals surface area contributed by atoms with Crippen LogP contribution in [0, 0.1) is 20.8 Å². The summed E-state index contributed by atoms with van der Waals surface area (Å²) in [5.41, 5.74) is 4.62. The van der Waals surface area contributed by atoms with Gasteiger partial charge in [-0.15, -0.1) is 0 Å². The summed E-state index contributed by atoms with van der Waals surface area (Å²) in [7, 11) is 0. The molecule has 0 amide bonds. The van der Waals surface area contributed by atoms with Gasteiger partial charge in [0.15, 0.2) is 0 Å². The van der Waals surface area contributed by atoms with Crippen molar-refractivity contribution in [2.45, 2.75) is 20.8 Å². The Kier molecular flexibility index (Phi) is 4.72. The van der Waals surface area contributed by atoms with Gasteiger partial charge in [0.2, 0.25) is 0 Å². The highest BCUT2D eigenvalue weighted by molar-refractivity contribution is 5.80. The Morgan fingerprint density at radius 1 is 0.931 bits per heavy atom. The molecule has 0 fully saturated rings. The molecule has 5 heteroatoms. The number of rotatable bonds is 3. The lowest BCUT2D eigenvalue weighted by Gasteiger charge is -2.16. The minimum Gasteiger partial charge on any atom is -0.507 e. The van der Waals surface area contributed by atoms with Crippen LogP contribution in [0.1, 0.15) is 28.1 Å². The molecule has 4 aromatic rings. The lowest BCUT2D eigenvalue weighted by Crippen LogP contribution is -2.24. The summed E-state index contributed by atoms with van der Waals surface area (Å²) < 4.78 is 1.64. The van der Waals surface area contributed by atoms with E-state index >= 15 is 0 Å². The fraction of sp³-hybridized carbons (Fsp3) is 0.125. The van der Waals surface area contributed by atoms with Crippen molar-refractivity contribution < 1.29 is 5.11 Å². The van der Waals surface area contributed by atoms with E-state index in [0.29, 0.717) is 22.3 Å². The minimum absolute atomic E-state index is 0.150. The van der Waals surface area contributed by atoms with Crippen LogP contribution in [0.3, 0.4) is 0 Å². The Morgan fingerprint density at radius 2 is 1.62 bits per heavy atom. The third-order valence-corrected chi connectivity index (χ3v) is 5.04. The van der Waals surface area contributed by atoms with Gasteiger partial charge in [-0.1, -0.05) is 36.4 Å². The molecule has 0 saturated carbocycles. The molecule has 29 heavy (non-hydrogen) atoms. The first kappa shape index (κ1) is 18.6. The second kappa shape index (κ2) is 7.36. The first-order chi connectivity index (χ1) is 14.0. The van der Waals surface area contributed by atoms with Gasteiger partial charge < -0.3 is 5.11 Å². The van der Waals surface area contributed by atoms with Crippen LogP contribution in [0.15, 0.2) is 59.7 Å². The molecule has 0 spiro atoms. The van der Waals surface area contributed by atoms with Gasteiger partial charge in [-0.05, 0) is 55.7 Å². The van der Waals surface area contributed by atoms with Crippen molar-refractivity contribution in [3.8, 4) is 11.4 Å². The zero-order valence-electron chi connectivity index (χ0n) is 16.5. The van der Waals surface area contributed by atoms with Crippen molar-refractivity contribution in [1.29, 1.82) is 0 Å². The quantitative estimate of drug-likeness (QED) is 0.562. The van der Waals surface area contributed by atoms with E-state index < -0.39 is 0 Å². The molecule has 2 aromatic heterocycles. The van der Waals surface area contributed by atoms with E-state index in [1.807, 2.05) is 57.2 Å². The predicted octanol–water partition coefficient (Wildman–Crippen LogP) is 4.58. The monoisotopic (exact) mass is 383 g/mol. The maximum Gasteiger partial charge on any atom is 0.266 e. The van der Waals surface area contributed by atoms with Crippen molar-refractivity contribution in [3.63, 3.8) is 0 Å². The van der Waals surface area contributed by atoms with E-state index in [4.69, 9.17) is 4.98 Å². The molecule has 1 N–H and O–H groups in total. The van der Waals surface area contributed by atoms with Gasteiger partial charge in [0.25, 0.3) is 5.56 Å². The van der Waals surface area contributed by atoms with Crippen molar-refractivity contribution >= 4 is 23.1 Å². The molecule has 4 rings (SSSR count). The molecule has 0 radical (unpaired) electrons. The fourth-order valence-electron chi connectivity index (χ4n) is 3.52. The molecule has 144 valence electrons. The topological polar surface area (TPSA) is 68.0 Å². The van der Waals surface area contributed by atoms with Gasteiger partial charge in [-0.2, -0.15) is 0 Å². The zero-order chi connectivity index (χ0) is 20.5. The number of nitrogens with zero attached hydrogens (tertiary/aromatic N) is 3. The first-order valence-electron chi connectivity index (χ1n) is 9.37. The highest BCUT2D eigenvalue weighted by atomic mass is 16.3. The van der Waals surface area contributed by atoms with Gasteiger partial charge in [0.05, 0.1) is 22.8 Å². The van der Waals surface area contributed by atoms with E-state index in [1.165, 1.54) is 0 Å². The number of aromatic nitrogens is 3. The summed E-state index contributed by atoms with van der Waals surface area (Å²) in [6, 6.07) is 13.2. The molecule has 0 saturated heterocycles. The SMILES string of the molecule is Cc1cccc(/C=C/c2nc3cnccc3c(=O)n2-c2c(C)cccc2C)c1O. The van der Waals surface area contributed by atoms with Crippen LogP contribution in [0.4, 0.5) is 0 Å². The Balaban J connectivity index is 2.01. The zero-order valence-corrected chi connectivity index (χ0v) is 16.5. The maximum atomic E-state index is 13.4. The van der Waals surface area contributed by atoms with Crippen molar-refractivity contribution in [2.24, 2.45) is 0 Å². The van der Waals surface area contributed by atoms with Crippen molar-refractivity contribution in [1.82, 2.24) is 14.5 Å². The molecule has 5 nitrogen and oxygen atoms in total. The van der Waals surface area contributed by atoms with E-state index in [9.17, 15) is 9.90 Å². The van der Waals surface area contributed by atoms with Gasteiger partial charge in [0, 0.05) is 11.8 Å². The second-order valence-corrected chi connectivity index (χ2v) is 7.09. The van der Waals surface area contributed by atoms with Gasteiger partial charge in [-0.3, -0.25) is 14.3 Å². The number of hydrogen-bond donors (Lipinski definition) is 1. The lowest BCUT2D eigenvalue weighted by molar-refractivity contribution is 0.470. The van der Waals surface area contributed by atoms with Crippen LogP contribution in [0.5, 0.6) is 5.75 Å². The minimum atomic E-state index is -0.150. The third-order valence-electron chi connectivity index (χ3n) is 5.04. The molecule has 2 heterocycles. The average Bonchev–Trinajstić information content (AvgIpc) is 2.71. The van der Waals surface area contributed by atoms with Crippen LogP contribution in [-0.2, 0) is 0 Å². The van der Waals surface area contributed by atoms with Crippen LogP contribution >= 0.6 is 0 Å². The molecule has 0 bridgehead atoms. The normalized spacial score (nSPS) is 11.4. The highest BCUT2D eigenvalue weighted by Gasteiger charge is 2.15. The summed E-state index contributed by atoms with van der Waals surface area (Å²) in [6.45, 7) is 5.80. The summed E-state index contributed by atoms with van der Waals surface area (Å²) >= 11 is 0. The molecule has 2 aromatic carbocycles. The third kappa shape index (κ3) is 3.31. The summed E-state index contributed by atoms with van der Waals surface area (Å²) in [5.74, 6) is 0.695. The number of benzene rings is 2. The Bertz CT molecular complexity index is 1300. The predicted molar refractivity (Wildman–Crippen MR) is 116 cm³/mol. The number of phenolic OH excluding ortho intramolecular Hbond substituents is 1. The number of pyridine rings is 1. The standard InChI is InChI=1S/C24H21N3O2/c1-15-6-4-7-16(2)22(15)27-21(11-10-18-9-5-8-17(3)23(18)28)26-20-14-25-13-12-19(20)24(27)29/h4-14,28H,1-3H3/b11-10+. The average molecular weight is 383 g/mol. The Morgan fingerprint density at radius 3 is 2.38 bits per heavy atom. The molecular formula is C24H21N3O2. The van der Waals surface area contributed by atoms with Gasteiger partial charge in [-0.25, -0.2) is 4.98 Å². The number of aryl methyl sites for hydroxylation is 3. The van der Waals surface area contributed by atoms with Gasteiger partial charge >= 0.3 is 0 Å². The van der Waals surface area contributed by atoms with E-state index in [-0.39, 0.29) is 11.3 Å². The van der Waals surface area contributed by atoms with Crippen LogP contribution in [0.25, 0.3) is 28.7 Å². The Hall–Kier alpha value is -3.73. The summed E-state index contributed by atoms with van der Waals surface area (Å²) in [6.07, 6.45) is 6.72. The van der Waals surface area contributed by atoms with Crippen LogP contribution in [0.2, 0.25) is 0 Å². The molecule has 0 unspecified atom stereocenters. The van der Waals surface area contributed by atoms with Crippen molar-refractivity contribution in [3.05, 3.63) is 93.3 Å². The number of aromatic hydroxyl groups is 1. The van der Waals surface area contributed by atoms with Crippen molar-refractivity contribution in [2.75, 3.05) is 0 Å². The highest BCUT2D eigenvalue weighted by Crippen LogP contribution is 2.25. The summed E-state index contributed by atoms with van der Waals surface area (Å²) in [4.78, 5) is 22.2. The van der Waals surface area contributed by atoms with E-state index in [2.05, 4.69) is 4.98 Å². The number of fused-ring (bicyclic) bond motifs is 1. The lowest BCUT2D eigenvalue weighted by atomic mass is 10.1. The second-order valence-electron chi connectivity index (χ2n) is 7.09. The van der Waals surface area contributed by atoms with E-state index in [0.717, 1.165) is 22.4 Å². The summed E-state index contributed by atoms with van der Waals surface area (Å²) in [5, 5.41) is 10.8. The largest absolute Gasteiger partial charge is 0.507 e. The maximum absolute atomic E-state index is 13.4. The van der Waals surface area contributed by atoms with E-state index in [1.54, 1.807) is 35.2 Å².